The van der Waals surface area contributed by atoms with Gasteiger partial charge in [-0.15, -0.1) is 0 Å². The minimum absolute atomic E-state index is 0.315. The van der Waals surface area contributed by atoms with Crippen LogP contribution in [-0.2, 0) is 0 Å². The molecule has 0 aliphatic heterocycles. The molecule has 0 fully saturated rings. The van der Waals surface area contributed by atoms with Gasteiger partial charge < -0.3 is 10.4 Å². The molecule has 0 bridgehead atoms. The molecule has 0 aromatic carbocycles. The molecule has 0 saturated carbocycles. The number of hydrogen-bond donors (Lipinski definition) is 2. The van der Waals surface area contributed by atoms with Crippen molar-refractivity contribution in [2.75, 3.05) is 31.7 Å². The molecule has 0 saturated heterocycles. The minimum atomic E-state index is 0.315. The predicted molar refractivity (Wildman–Crippen MR) is 61.4 cm³/mol. The van der Waals surface area contributed by atoms with E-state index in [2.05, 4.69) is 18.5 Å². The van der Waals surface area contributed by atoms with Gasteiger partial charge in [0.05, 0.1) is 0 Å². The summed E-state index contributed by atoms with van der Waals surface area (Å²) in [7, 11) is 0. The van der Waals surface area contributed by atoms with Crippen LogP contribution in [0.25, 0.3) is 0 Å². The van der Waals surface area contributed by atoms with Gasteiger partial charge in [-0.1, -0.05) is 6.92 Å². The molecule has 0 aliphatic carbocycles. The highest BCUT2D eigenvalue weighted by Gasteiger charge is 1.99. The number of hydrogen-bond acceptors (Lipinski definition) is 3. The molecule has 1 atom stereocenters. The number of nitrogens with one attached hydrogen (secondary N) is 1. The zero-order valence-corrected chi connectivity index (χ0v) is 9.70. The highest BCUT2D eigenvalue weighted by molar-refractivity contribution is 7.98. The van der Waals surface area contributed by atoms with Gasteiger partial charge in [-0.25, -0.2) is 0 Å². The zero-order chi connectivity index (χ0) is 9.94. The highest BCUT2D eigenvalue weighted by Crippen LogP contribution is 2.00. The van der Waals surface area contributed by atoms with Crippen molar-refractivity contribution < 1.29 is 5.11 Å². The van der Waals surface area contributed by atoms with E-state index >= 15 is 0 Å². The lowest BCUT2D eigenvalue weighted by atomic mass is 10.1. The fourth-order valence-corrected chi connectivity index (χ4v) is 1.66. The van der Waals surface area contributed by atoms with Gasteiger partial charge in [-0.3, -0.25) is 0 Å². The Balaban J connectivity index is 2.97. The number of rotatable bonds is 9. The van der Waals surface area contributed by atoms with Gasteiger partial charge in [0.25, 0.3) is 0 Å². The van der Waals surface area contributed by atoms with Crippen LogP contribution in [0.1, 0.15) is 26.2 Å². The van der Waals surface area contributed by atoms with Crippen LogP contribution in [0.5, 0.6) is 0 Å². The molecule has 0 aromatic rings. The molecule has 0 spiro atoms. The van der Waals surface area contributed by atoms with E-state index in [0.29, 0.717) is 12.5 Å². The molecule has 0 rings (SSSR count). The van der Waals surface area contributed by atoms with Gasteiger partial charge in [-0.05, 0) is 50.3 Å². The summed E-state index contributed by atoms with van der Waals surface area (Å²) >= 11 is 1.91. The molecule has 80 valence electrons. The summed E-state index contributed by atoms with van der Waals surface area (Å²) in [4.78, 5) is 0. The molecule has 0 amide bonds. The topological polar surface area (TPSA) is 32.3 Å². The van der Waals surface area contributed by atoms with Gasteiger partial charge in [-0.2, -0.15) is 11.8 Å². The van der Waals surface area contributed by atoms with Crippen LogP contribution in [0.3, 0.4) is 0 Å². The molecule has 13 heavy (non-hydrogen) atoms. The van der Waals surface area contributed by atoms with Gasteiger partial charge in [0.2, 0.25) is 0 Å². The van der Waals surface area contributed by atoms with Crippen LogP contribution in [-0.4, -0.2) is 36.8 Å². The van der Waals surface area contributed by atoms with Crippen LogP contribution in [0, 0.1) is 5.92 Å². The second-order valence-corrected chi connectivity index (χ2v) is 4.51. The number of thioether (sulfide) groups is 1. The molecular formula is C10H23NOS. The van der Waals surface area contributed by atoms with Gasteiger partial charge >= 0.3 is 0 Å². The number of unbranched alkanes of at least 4 members (excludes halogenated alkanes) is 1. The molecule has 0 aromatic heterocycles. The van der Waals surface area contributed by atoms with Crippen LogP contribution in [0.4, 0.5) is 0 Å². The Labute approximate surface area is 86.5 Å². The monoisotopic (exact) mass is 205 g/mol. The van der Waals surface area contributed by atoms with Crippen LogP contribution in [0.15, 0.2) is 0 Å². The summed E-state index contributed by atoms with van der Waals surface area (Å²) in [6, 6.07) is 0. The van der Waals surface area contributed by atoms with Crippen molar-refractivity contribution in [1.82, 2.24) is 5.32 Å². The van der Waals surface area contributed by atoms with Gasteiger partial charge in [0.1, 0.15) is 0 Å². The van der Waals surface area contributed by atoms with Crippen molar-refractivity contribution in [3.05, 3.63) is 0 Å². The Bertz CT molecular complexity index is 101. The quantitative estimate of drug-likeness (QED) is 0.562. The molecule has 0 aliphatic rings. The number of aliphatic hydroxyl groups is 1. The maximum atomic E-state index is 8.68. The van der Waals surface area contributed by atoms with E-state index in [9.17, 15) is 0 Å². The van der Waals surface area contributed by atoms with E-state index in [4.69, 9.17) is 5.11 Å². The lowest BCUT2D eigenvalue weighted by Crippen LogP contribution is -2.22. The van der Waals surface area contributed by atoms with Crippen molar-refractivity contribution in [3.8, 4) is 0 Å². The van der Waals surface area contributed by atoms with E-state index in [0.717, 1.165) is 19.5 Å². The Morgan fingerprint density at radius 2 is 2.15 bits per heavy atom. The summed E-state index contributed by atoms with van der Waals surface area (Å²) in [5, 5.41) is 12.1. The van der Waals surface area contributed by atoms with E-state index in [1.54, 1.807) is 0 Å². The summed E-state index contributed by atoms with van der Waals surface area (Å²) in [5.41, 5.74) is 0. The number of aliphatic hydroxyl groups excluding tert-OH is 1. The normalized spacial score (nSPS) is 13.2. The first-order valence-corrected chi connectivity index (χ1v) is 6.51. The molecule has 3 heteroatoms. The van der Waals surface area contributed by atoms with Crippen LogP contribution < -0.4 is 5.32 Å². The lowest BCUT2D eigenvalue weighted by molar-refractivity contribution is 0.260. The van der Waals surface area contributed by atoms with E-state index < -0.39 is 0 Å². The van der Waals surface area contributed by atoms with Crippen molar-refractivity contribution in [2.45, 2.75) is 26.2 Å². The van der Waals surface area contributed by atoms with Crippen LogP contribution >= 0.6 is 11.8 Å². The maximum absolute atomic E-state index is 8.68. The second kappa shape index (κ2) is 10.4. The molecule has 2 N–H and O–H groups in total. The highest BCUT2D eigenvalue weighted by atomic mass is 32.2. The largest absolute Gasteiger partial charge is 0.396 e. The zero-order valence-electron chi connectivity index (χ0n) is 8.88. The van der Waals surface area contributed by atoms with Crippen LogP contribution in [0.2, 0.25) is 0 Å². The Kier molecular flexibility index (Phi) is 10.6. The minimum Gasteiger partial charge on any atom is -0.396 e. The first-order valence-electron chi connectivity index (χ1n) is 5.11. The lowest BCUT2D eigenvalue weighted by Gasteiger charge is -2.10. The van der Waals surface area contributed by atoms with Crippen molar-refractivity contribution >= 4 is 11.8 Å². The summed E-state index contributed by atoms with van der Waals surface area (Å²) < 4.78 is 0. The van der Waals surface area contributed by atoms with Crippen molar-refractivity contribution in [2.24, 2.45) is 5.92 Å². The second-order valence-electron chi connectivity index (χ2n) is 3.52. The summed E-state index contributed by atoms with van der Waals surface area (Å²) in [6.45, 7) is 4.65. The smallest absolute Gasteiger partial charge is 0.0434 e. The third-order valence-corrected chi connectivity index (χ3v) is 2.76. The van der Waals surface area contributed by atoms with E-state index in [1.807, 2.05) is 11.8 Å². The summed E-state index contributed by atoms with van der Waals surface area (Å²) in [6.07, 6.45) is 5.64. The molecular weight excluding hydrogens is 182 g/mol. The average Bonchev–Trinajstić information content (AvgIpc) is 2.11. The Morgan fingerprint density at radius 1 is 1.38 bits per heavy atom. The molecule has 1 unspecified atom stereocenters. The first kappa shape index (κ1) is 13.3. The van der Waals surface area contributed by atoms with Crippen molar-refractivity contribution in [3.63, 3.8) is 0 Å². The third-order valence-electron chi connectivity index (χ3n) is 2.07. The fourth-order valence-electron chi connectivity index (χ4n) is 1.17. The first-order chi connectivity index (χ1) is 6.31. The predicted octanol–water partition coefficient (Wildman–Crippen LogP) is 1.74. The van der Waals surface area contributed by atoms with E-state index in [1.165, 1.54) is 18.6 Å². The van der Waals surface area contributed by atoms with Crippen molar-refractivity contribution in [1.29, 1.82) is 0 Å². The molecule has 0 heterocycles. The summed E-state index contributed by atoms with van der Waals surface area (Å²) in [5.74, 6) is 1.87. The molecule has 0 radical (unpaired) electrons. The standard InChI is InChI=1S/C10H23NOS/c1-10(5-7-12)9-11-6-3-4-8-13-2/h10-12H,3-9H2,1-2H3. The maximum Gasteiger partial charge on any atom is 0.0434 e. The Hall–Kier alpha value is 0.270. The average molecular weight is 205 g/mol. The van der Waals surface area contributed by atoms with Gasteiger partial charge in [0, 0.05) is 6.61 Å². The fraction of sp³-hybridized carbons (Fsp3) is 1.00. The Morgan fingerprint density at radius 3 is 2.77 bits per heavy atom. The molecule has 2 nitrogen and oxygen atoms in total. The van der Waals surface area contributed by atoms with E-state index in [-0.39, 0.29) is 0 Å². The van der Waals surface area contributed by atoms with Gasteiger partial charge in [0.15, 0.2) is 0 Å². The third kappa shape index (κ3) is 10.2. The SMILES string of the molecule is CSCCCCNCC(C)CCO.